The molecule has 1 heterocycles. The first kappa shape index (κ1) is 15.5. The van der Waals surface area contributed by atoms with E-state index < -0.39 is 10.0 Å². The number of rotatable bonds is 3. The minimum absolute atomic E-state index is 0.156. The molecule has 2 aromatic rings. The summed E-state index contributed by atoms with van der Waals surface area (Å²) in [6, 6.07) is 14.9. The van der Waals surface area contributed by atoms with Crippen LogP contribution in [-0.4, -0.2) is 14.5 Å². The summed E-state index contributed by atoms with van der Waals surface area (Å²) in [5.41, 5.74) is 3.78. The van der Waals surface area contributed by atoms with Gasteiger partial charge in [0.15, 0.2) is 0 Å². The number of nitrogens with zero attached hydrogens (tertiary/aromatic N) is 2. The molecule has 0 fully saturated rings. The van der Waals surface area contributed by atoms with Crippen LogP contribution in [0.15, 0.2) is 47.4 Å². The predicted molar refractivity (Wildman–Crippen MR) is 88.3 cm³/mol. The molecule has 6 heteroatoms. The quantitative estimate of drug-likeness (QED) is 0.936. The maximum absolute atomic E-state index is 11.5. The molecule has 118 valence electrons. The van der Waals surface area contributed by atoms with Crippen LogP contribution in [0.3, 0.4) is 0 Å². The standard InChI is InChI=1S/C17H17N3O2S/c1-12-8-15-9-16(23(19,21)22)6-7-17(15)20(12)11-14-4-2-13(10-18)3-5-14/h2-7,9,12H,8,11H2,1H3,(H2,19,21,22)/t12-/m0/s1. The lowest BCUT2D eigenvalue weighted by atomic mass is 10.1. The van der Waals surface area contributed by atoms with Crippen molar-refractivity contribution in [2.45, 2.75) is 30.8 Å². The van der Waals surface area contributed by atoms with Crippen LogP contribution in [-0.2, 0) is 23.0 Å². The van der Waals surface area contributed by atoms with Crippen molar-refractivity contribution in [3.8, 4) is 6.07 Å². The van der Waals surface area contributed by atoms with Crippen LogP contribution in [0.25, 0.3) is 0 Å². The van der Waals surface area contributed by atoms with E-state index in [0.717, 1.165) is 23.2 Å². The molecule has 0 bridgehead atoms. The van der Waals surface area contributed by atoms with Crippen LogP contribution in [0.1, 0.15) is 23.6 Å². The zero-order chi connectivity index (χ0) is 16.6. The summed E-state index contributed by atoms with van der Waals surface area (Å²) < 4.78 is 23.0. The van der Waals surface area contributed by atoms with Crippen molar-refractivity contribution in [2.24, 2.45) is 5.14 Å². The normalized spacial score (nSPS) is 16.9. The summed E-state index contributed by atoms with van der Waals surface area (Å²) in [7, 11) is -3.68. The number of primary sulfonamides is 1. The van der Waals surface area contributed by atoms with Crippen molar-refractivity contribution in [1.29, 1.82) is 5.26 Å². The Kier molecular flexibility index (Phi) is 3.84. The first-order valence-electron chi connectivity index (χ1n) is 7.30. The summed E-state index contributed by atoms with van der Waals surface area (Å²) in [5, 5.41) is 14.1. The van der Waals surface area contributed by atoms with Crippen LogP contribution < -0.4 is 10.0 Å². The highest BCUT2D eigenvalue weighted by Gasteiger charge is 2.27. The average molecular weight is 327 g/mol. The third-order valence-corrected chi connectivity index (χ3v) is 5.08. The van der Waals surface area contributed by atoms with E-state index >= 15 is 0 Å². The second kappa shape index (κ2) is 5.69. The van der Waals surface area contributed by atoms with Gasteiger partial charge >= 0.3 is 0 Å². The number of nitriles is 1. The van der Waals surface area contributed by atoms with E-state index in [1.165, 1.54) is 0 Å². The Bertz CT molecular complexity index is 883. The molecule has 2 aromatic carbocycles. The Morgan fingerprint density at radius 1 is 1.26 bits per heavy atom. The molecule has 0 radical (unpaired) electrons. The molecule has 0 saturated heterocycles. The first-order valence-corrected chi connectivity index (χ1v) is 8.84. The van der Waals surface area contributed by atoms with Gasteiger partial charge in [-0.15, -0.1) is 0 Å². The van der Waals surface area contributed by atoms with E-state index in [1.807, 2.05) is 18.2 Å². The number of hydrogen-bond acceptors (Lipinski definition) is 4. The molecule has 1 aliphatic heterocycles. The lowest BCUT2D eigenvalue weighted by molar-refractivity contribution is 0.597. The van der Waals surface area contributed by atoms with Gasteiger partial charge in [0.25, 0.3) is 0 Å². The fourth-order valence-corrected chi connectivity index (χ4v) is 3.54. The number of hydrogen-bond donors (Lipinski definition) is 1. The molecular weight excluding hydrogens is 310 g/mol. The van der Waals surface area contributed by atoms with E-state index in [4.69, 9.17) is 10.4 Å². The zero-order valence-electron chi connectivity index (χ0n) is 12.7. The summed E-state index contributed by atoms with van der Waals surface area (Å²) in [4.78, 5) is 2.40. The molecule has 1 atom stereocenters. The second-order valence-electron chi connectivity index (χ2n) is 5.83. The van der Waals surface area contributed by atoms with Gasteiger partial charge in [-0.1, -0.05) is 12.1 Å². The number of anilines is 1. The largest absolute Gasteiger partial charge is 0.364 e. The highest BCUT2D eigenvalue weighted by Crippen LogP contribution is 2.34. The molecule has 0 amide bonds. The minimum Gasteiger partial charge on any atom is -0.364 e. The predicted octanol–water partition coefficient (Wildman–Crippen LogP) is 2.16. The molecule has 2 N–H and O–H groups in total. The Morgan fingerprint density at radius 3 is 2.57 bits per heavy atom. The summed E-state index contributed by atoms with van der Waals surface area (Å²) in [5.74, 6) is 0. The topological polar surface area (TPSA) is 87.2 Å². The summed E-state index contributed by atoms with van der Waals surface area (Å²) >= 11 is 0. The van der Waals surface area contributed by atoms with Crippen LogP contribution in [0.4, 0.5) is 5.69 Å². The van der Waals surface area contributed by atoms with Gasteiger partial charge in [-0.05, 0) is 54.8 Å². The highest BCUT2D eigenvalue weighted by atomic mass is 32.2. The van der Waals surface area contributed by atoms with Crippen LogP contribution >= 0.6 is 0 Å². The van der Waals surface area contributed by atoms with Gasteiger partial charge < -0.3 is 4.90 Å². The molecule has 1 aliphatic rings. The Morgan fingerprint density at radius 2 is 1.96 bits per heavy atom. The maximum Gasteiger partial charge on any atom is 0.238 e. The third kappa shape index (κ3) is 3.07. The second-order valence-corrected chi connectivity index (χ2v) is 7.39. The van der Waals surface area contributed by atoms with E-state index in [9.17, 15) is 8.42 Å². The van der Waals surface area contributed by atoms with Gasteiger partial charge in [-0.25, -0.2) is 13.6 Å². The molecule has 0 aliphatic carbocycles. The summed E-state index contributed by atoms with van der Waals surface area (Å²) in [6.07, 6.45) is 0.787. The zero-order valence-corrected chi connectivity index (χ0v) is 13.5. The number of sulfonamides is 1. The lowest BCUT2D eigenvalue weighted by Crippen LogP contribution is -2.28. The Labute approximate surface area is 136 Å². The first-order chi connectivity index (χ1) is 10.9. The molecule has 0 unspecified atom stereocenters. The number of nitrogens with two attached hydrogens (primary N) is 1. The number of fused-ring (bicyclic) bond motifs is 1. The molecule has 0 saturated carbocycles. The van der Waals surface area contributed by atoms with Crippen molar-refractivity contribution in [3.05, 3.63) is 59.2 Å². The van der Waals surface area contributed by atoms with E-state index in [0.29, 0.717) is 12.1 Å². The van der Waals surface area contributed by atoms with Gasteiger partial charge in [0, 0.05) is 18.3 Å². The van der Waals surface area contributed by atoms with E-state index in [2.05, 4.69) is 17.9 Å². The summed E-state index contributed by atoms with van der Waals surface area (Å²) in [6.45, 7) is 2.83. The van der Waals surface area contributed by atoms with E-state index in [1.54, 1.807) is 24.3 Å². The minimum atomic E-state index is -3.68. The maximum atomic E-state index is 11.5. The average Bonchev–Trinajstić information content (AvgIpc) is 2.82. The van der Waals surface area contributed by atoms with Crippen LogP contribution in [0.5, 0.6) is 0 Å². The van der Waals surface area contributed by atoms with Crippen LogP contribution in [0, 0.1) is 11.3 Å². The monoisotopic (exact) mass is 327 g/mol. The molecule has 0 aromatic heterocycles. The lowest BCUT2D eigenvalue weighted by Gasteiger charge is -2.25. The SMILES string of the molecule is C[C@H]1Cc2cc(S(N)(=O)=O)ccc2N1Cc1ccc(C#N)cc1. The van der Waals surface area contributed by atoms with Gasteiger partial charge in [-0.2, -0.15) is 5.26 Å². The van der Waals surface area contributed by atoms with Gasteiger partial charge in [0.05, 0.1) is 16.5 Å². The Balaban J connectivity index is 1.89. The molecular formula is C17H17N3O2S. The molecule has 5 nitrogen and oxygen atoms in total. The molecule has 23 heavy (non-hydrogen) atoms. The van der Waals surface area contributed by atoms with E-state index in [-0.39, 0.29) is 10.9 Å². The Hall–Kier alpha value is -2.36. The fraction of sp³-hybridized carbons (Fsp3) is 0.235. The highest BCUT2D eigenvalue weighted by molar-refractivity contribution is 7.89. The van der Waals surface area contributed by atoms with Gasteiger partial charge in [0.2, 0.25) is 10.0 Å². The molecule has 3 rings (SSSR count). The number of benzene rings is 2. The van der Waals surface area contributed by atoms with Gasteiger partial charge in [-0.3, -0.25) is 0 Å². The van der Waals surface area contributed by atoms with Crippen LogP contribution in [0.2, 0.25) is 0 Å². The van der Waals surface area contributed by atoms with Crippen molar-refractivity contribution in [3.63, 3.8) is 0 Å². The smallest absolute Gasteiger partial charge is 0.238 e. The third-order valence-electron chi connectivity index (χ3n) is 4.17. The van der Waals surface area contributed by atoms with Crippen molar-refractivity contribution in [2.75, 3.05) is 4.90 Å². The van der Waals surface area contributed by atoms with Crippen molar-refractivity contribution in [1.82, 2.24) is 0 Å². The molecule has 0 spiro atoms. The van der Waals surface area contributed by atoms with Gasteiger partial charge in [0.1, 0.15) is 0 Å². The van der Waals surface area contributed by atoms with Crippen molar-refractivity contribution < 1.29 is 8.42 Å². The fourth-order valence-electron chi connectivity index (χ4n) is 2.97. The van der Waals surface area contributed by atoms with Crippen molar-refractivity contribution >= 4 is 15.7 Å².